The lowest BCUT2D eigenvalue weighted by Gasteiger charge is -2.36. The number of phenols is 1. The van der Waals surface area contributed by atoms with Crippen LogP contribution in [-0.4, -0.2) is 48.7 Å². The summed E-state index contributed by atoms with van der Waals surface area (Å²) in [5.74, 6) is 0.847. The molecular formula is C26H28N2O3. The minimum absolute atomic E-state index is 0.109. The van der Waals surface area contributed by atoms with Crippen molar-refractivity contribution >= 4 is 11.6 Å². The SMILES string of the molecule is O=C(CCOc1cccc(O)c1)N1CCN(c2ccc(Cc3ccccc3)cc2)CC1. The summed E-state index contributed by atoms with van der Waals surface area (Å²) < 4.78 is 5.57. The number of piperazine rings is 1. The minimum atomic E-state index is 0.109. The largest absolute Gasteiger partial charge is 0.508 e. The predicted octanol–water partition coefficient (Wildman–Crippen LogP) is 4.10. The molecule has 1 aliphatic rings. The van der Waals surface area contributed by atoms with Gasteiger partial charge in [-0.1, -0.05) is 48.5 Å². The topological polar surface area (TPSA) is 53.0 Å². The highest BCUT2D eigenvalue weighted by Crippen LogP contribution is 2.20. The van der Waals surface area contributed by atoms with Crippen molar-refractivity contribution in [2.24, 2.45) is 0 Å². The van der Waals surface area contributed by atoms with Crippen LogP contribution in [0.3, 0.4) is 0 Å². The Morgan fingerprint density at radius 2 is 1.55 bits per heavy atom. The van der Waals surface area contributed by atoms with Gasteiger partial charge in [0.1, 0.15) is 11.5 Å². The molecule has 3 aromatic carbocycles. The second kappa shape index (κ2) is 10.0. The summed E-state index contributed by atoms with van der Waals surface area (Å²) in [4.78, 5) is 16.7. The number of carbonyl (C=O) groups is 1. The van der Waals surface area contributed by atoms with Gasteiger partial charge in [-0.05, 0) is 41.8 Å². The normalized spacial score (nSPS) is 13.8. The maximum atomic E-state index is 12.5. The van der Waals surface area contributed by atoms with Gasteiger partial charge in [0.15, 0.2) is 0 Å². The molecule has 1 heterocycles. The van der Waals surface area contributed by atoms with Crippen LogP contribution in [0.5, 0.6) is 11.5 Å². The number of aromatic hydroxyl groups is 1. The van der Waals surface area contributed by atoms with Crippen molar-refractivity contribution in [3.05, 3.63) is 90.0 Å². The van der Waals surface area contributed by atoms with Gasteiger partial charge in [-0.3, -0.25) is 4.79 Å². The lowest BCUT2D eigenvalue weighted by atomic mass is 10.0. The maximum absolute atomic E-state index is 12.5. The zero-order valence-corrected chi connectivity index (χ0v) is 17.6. The number of ether oxygens (including phenoxy) is 1. The molecule has 0 radical (unpaired) electrons. The Labute approximate surface area is 183 Å². The predicted molar refractivity (Wildman–Crippen MR) is 123 cm³/mol. The molecule has 0 saturated carbocycles. The average molecular weight is 417 g/mol. The van der Waals surface area contributed by atoms with Gasteiger partial charge in [-0.2, -0.15) is 0 Å². The molecule has 5 heteroatoms. The zero-order valence-electron chi connectivity index (χ0n) is 17.6. The summed E-state index contributed by atoms with van der Waals surface area (Å²) >= 11 is 0. The first-order valence-electron chi connectivity index (χ1n) is 10.7. The summed E-state index contributed by atoms with van der Waals surface area (Å²) in [5, 5.41) is 9.47. The highest BCUT2D eigenvalue weighted by atomic mass is 16.5. The molecule has 1 aliphatic heterocycles. The van der Waals surface area contributed by atoms with Crippen molar-refractivity contribution in [1.82, 2.24) is 4.90 Å². The summed E-state index contributed by atoms with van der Waals surface area (Å²) in [6, 6.07) is 25.9. The number of hydrogen-bond donors (Lipinski definition) is 1. The molecule has 0 unspecified atom stereocenters. The molecule has 31 heavy (non-hydrogen) atoms. The number of phenolic OH excluding ortho intramolecular Hbond substituents is 1. The third kappa shape index (κ3) is 5.79. The van der Waals surface area contributed by atoms with Crippen LogP contribution >= 0.6 is 0 Å². The molecule has 3 aromatic rings. The van der Waals surface area contributed by atoms with Gasteiger partial charge in [0.25, 0.3) is 0 Å². The van der Waals surface area contributed by atoms with Crippen molar-refractivity contribution in [2.45, 2.75) is 12.8 Å². The molecule has 0 spiro atoms. The van der Waals surface area contributed by atoms with Crippen molar-refractivity contribution in [1.29, 1.82) is 0 Å². The van der Waals surface area contributed by atoms with Crippen LogP contribution in [0.25, 0.3) is 0 Å². The smallest absolute Gasteiger partial charge is 0.226 e. The Morgan fingerprint density at radius 3 is 2.26 bits per heavy atom. The van der Waals surface area contributed by atoms with Crippen LogP contribution in [-0.2, 0) is 11.2 Å². The van der Waals surface area contributed by atoms with Gasteiger partial charge < -0.3 is 19.6 Å². The molecular weight excluding hydrogens is 388 g/mol. The summed E-state index contributed by atoms with van der Waals surface area (Å²) in [7, 11) is 0. The first kappa shape index (κ1) is 20.8. The number of rotatable bonds is 7. The quantitative estimate of drug-likeness (QED) is 0.630. The number of hydrogen-bond acceptors (Lipinski definition) is 4. The van der Waals surface area contributed by atoms with Gasteiger partial charge in [0.05, 0.1) is 13.0 Å². The van der Waals surface area contributed by atoms with Gasteiger partial charge in [0, 0.05) is 37.9 Å². The molecule has 0 atom stereocenters. The van der Waals surface area contributed by atoms with Gasteiger partial charge in [0.2, 0.25) is 5.91 Å². The third-order valence-corrected chi connectivity index (χ3v) is 5.59. The van der Waals surface area contributed by atoms with E-state index in [1.807, 2.05) is 11.0 Å². The molecule has 0 bridgehead atoms. The fourth-order valence-corrected chi connectivity index (χ4v) is 3.86. The second-order valence-electron chi connectivity index (χ2n) is 7.79. The molecule has 4 rings (SSSR count). The summed E-state index contributed by atoms with van der Waals surface area (Å²) in [6.07, 6.45) is 1.28. The highest BCUT2D eigenvalue weighted by Gasteiger charge is 2.21. The van der Waals surface area contributed by atoms with Crippen molar-refractivity contribution < 1.29 is 14.6 Å². The van der Waals surface area contributed by atoms with Crippen LogP contribution < -0.4 is 9.64 Å². The molecule has 0 aliphatic carbocycles. The minimum Gasteiger partial charge on any atom is -0.508 e. The van der Waals surface area contributed by atoms with Crippen LogP contribution in [0.15, 0.2) is 78.9 Å². The Morgan fingerprint density at radius 1 is 0.839 bits per heavy atom. The number of anilines is 1. The van der Waals surface area contributed by atoms with Gasteiger partial charge in [-0.25, -0.2) is 0 Å². The molecule has 160 valence electrons. The van der Waals surface area contributed by atoms with Crippen LogP contribution in [0.4, 0.5) is 5.69 Å². The van der Waals surface area contributed by atoms with E-state index in [0.717, 1.165) is 32.6 Å². The van der Waals surface area contributed by atoms with Crippen molar-refractivity contribution in [3.63, 3.8) is 0 Å². The Kier molecular flexibility index (Phi) is 6.72. The highest BCUT2D eigenvalue weighted by molar-refractivity contribution is 5.76. The molecule has 1 N–H and O–H groups in total. The van der Waals surface area contributed by atoms with Gasteiger partial charge in [-0.15, -0.1) is 0 Å². The first-order valence-corrected chi connectivity index (χ1v) is 10.7. The van der Waals surface area contributed by atoms with E-state index in [9.17, 15) is 9.90 Å². The summed E-state index contributed by atoms with van der Waals surface area (Å²) in [6.45, 7) is 3.41. The van der Waals surface area contributed by atoms with E-state index in [-0.39, 0.29) is 11.7 Å². The number of amides is 1. The number of carbonyl (C=O) groups excluding carboxylic acids is 1. The molecule has 1 saturated heterocycles. The number of benzene rings is 3. The standard InChI is InChI=1S/C26H28N2O3/c29-24-7-4-8-25(20-24)31-18-13-26(30)28-16-14-27(15-17-28)23-11-9-22(10-12-23)19-21-5-2-1-3-6-21/h1-12,20,29H,13-19H2. The number of nitrogens with zero attached hydrogens (tertiary/aromatic N) is 2. The van der Waals surface area contributed by atoms with E-state index in [2.05, 4.69) is 53.4 Å². The maximum Gasteiger partial charge on any atom is 0.226 e. The first-order chi connectivity index (χ1) is 15.2. The van der Waals surface area contributed by atoms with Crippen LogP contribution in [0.1, 0.15) is 17.5 Å². The Hall–Kier alpha value is -3.47. The molecule has 1 amide bonds. The molecule has 0 aromatic heterocycles. The lowest BCUT2D eigenvalue weighted by Crippen LogP contribution is -2.49. The fraction of sp³-hybridized carbons (Fsp3) is 0.269. The summed E-state index contributed by atoms with van der Waals surface area (Å²) in [5.41, 5.74) is 3.82. The second-order valence-corrected chi connectivity index (χ2v) is 7.79. The van der Waals surface area contributed by atoms with E-state index in [4.69, 9.17) is 4.74 Å². The van der Waals surface area contributed by atoms with Crippen molar-refractivity contribution in [3.8, 4) is 11.5 Å². The van der Waals surface area contributed by atoms with Crippen LogP contribution in [0.2, 0.25) is 0 Å². The fourth-order valence-electron chi connectivity index (χ4n) is 3.86. The van der Waals surface area contributed by atoms with E-state index in [1.165, 1.54) is 16.8 Å². The molecule has 5 nitrogen and oxygen atoms in total. The average Bonchev–Trinajstić information content (AvgIpc) is 2.80. The third-order valence-electron chi connectivity index (χ3n) is 5.59. The van der Waals surface area contributed by atoms with Crippen molar-refractivity contribution in [2.75, 3.05) is 37.7 Å². The molecule has 1 fully saturated rings. The van der Waals surface area contributed by atoms with E-state index >= 15 is 0 Å². The van der Waals surface area contributed by atoms with E-state index in [1.54, 1.807) is 24.3 Å². The lowest BCUT2D eigenvalue weighted by molar-refractivity contribution is -0.132. The van der Waals surface area contributed by atoms with E-state index < -0.39 is 0 Å². The monoisotopic (exact) mass is 416 g/mol. The Bertz CT molecular complexity index is 981. The van der Waals surface area contributed by atoms with Gasteiger partial charge >= 0.3 is 0 Å². The van der Waals surface area contributed by atoms with Crippen LogP contribution in [0, 0.1) is 0 Å². The zero-order chi connectivity index (χ0) is 21.5. The van der Waals surface area contributed by atoms with E-state index in [0.29, 0.717) is 18.8 Å². The Balaban J connectivity index is 1.22.